The first kappa shape index (κ1) is 5.22. The van der Waals surface area contributed by atoms with E-state index in [1.165, 1.54) is 4.63 Å². The molecular weight excluding hydrogens is 128 g/mol. The molecule has 4 nitrogen and oxygen atoms in total. The summed E-state index contributed by atoms with van der Waals surface area (Å²) >= 11 is 0. The van der Waals surface area contributed by atoms with Gasteiger partial charge in [0, 0.05) is 6.20 Å². The topological polar surface area (TPSA) is 56.2 Å². The lowest BCUT2D eigenvalue weighted by molar-refractivity contribution is 0.800. The zero-order valence-corrected chi connectivity index (χ0v) is 5.23. The molecule has 2 heterocycles. The molecule has 0 amide bonds. The minimum atomic E-state index is 0.660. The van der Waals surface area contributed by atoms with Crippen LogP contribution in [-0.4, -0.2) is 14.8 Å². The van der Waals surface area contributed by atoms with E-state index in [0.29, 0.717) is 5.69 Å². The molecule has 0 aliphatic carbocycles. The molecule has 2 aromatic rings. The number of nitrogen functional groups attached to an aromatic ring is 1. The smallest absolute Gasteiger partial charge is 0.110 e. The Morgan fingerprint density at radius 1 is 1.40 bits per heavy atom. The Balaban J connectivity index is 2.93. The van der Waals surface area contributed by atoms with Crippen molar-refractivity contribution in [2.45, 2.75) is 0 Å². The van der Waals surface area contributed by atoms with Crippen molar-refractivity contribution < 1.29 is 0 Å². The first-order valence-corrected chi connectivity index (χ1v) is 2.92. The highest BCUT2D eigenvalue weighted by Crippen LogP contribution is 2.08. The summed E-state index contributed by atoms with van der Waals surface area (Å²) in [6, 6.07) is 3.70. The first-order chi connectivity index (χ1) is 4.88. The van der Waals surface area contributed by atoms with Crippen LogP contribution < -0.4 is 5.73 Å². The Hall–Kier alpha value is -1.58. The van der Waals surface area contributed by atoms with Gasteiger partial charge < -0.3 is 5.73 Å². The van der Waals surface area contributed by atoms with Crippen molar-refractivity contribution >= 4 is 11.2 Å². The van der Waals surface area contributed by atoms with Gasteiger partial charge in [-0.05, 0) is 12.1 Å². The number of rotatable bonds is 0. The fraction of sp³-hybridized carbons (Fsp3) is 0. The maximum Gasteiger partial charge on any atom is 0.110 e. The van der Waals surface area contributed by atoms with Crippen molar-refractivity contribution in [2.75, 3.05) is 5.73 Å². The van der Waals surface area contributed by atoms with Crippen molar-refractivity contribution in [1.29, 1.82) is 0 Å². The van der Waals surface area contributed by atoms with Crippen LogP contribution in [0, 0.1) is 0 Å². The lowest BCUT2D eigenvalue weighted by Gasteiger charge is -1.88. The van der Waals surface area contributed by atoms with Gasteiger partial charge in [0.1, 0.15) is 5.52 Å². The molecule has 4 heteroatoms. The maximum absolute atomic E-state index is 5.55. The molecule has 0 aliphatic heterocycles. The minimum absolute atomic E-state index is 0.660. The summed E-state index contributed by atoms with van der Waals surface area (Å²) in [4.78, 5) is 0. The average Bonchev–Trinajstić information content (AvgIpc) is 2.34. The Labute approximate surface area is 57.3 Å². The molecule has 2 rings (SSSR count). The minimum Gasteiger partial charge on any atom is -0.396 e. The van der Waals surface area contributed by atoms with Crippen LogP contribution in [0.2, 0.25) is 0 Å². The van der Waals surface area contributed by atoms with Crippen LogP contribution in [0.3, 0.4) is 0 Å². The zero-order valence-electron chi connectivity index (χ0n) is 5.23. The van der Waals surface area contributed by atoms with E-state index in [-0.39, 0.29) is 0 Å². The van der Waals surface area contributed by atoms with Crippen LogP contribution in [0.4, 0.5) is 5.69 Å². The predicted molar refractivity (Wildman–Crippen MR) is 37.4 cm³/mol. The molecule has 0 spiro atoms. The summed E-state index contributed by atoms with van der Waals surface area (Å²) in [6.45, 7) is 0. The van der Waals surface area contributed by atoms with Crippen molar-refractivity contribution in [2.24, 2.45) is 0 Å². The van der Waals surface area contributed by atoms with Crippen LogP contribution in [0.1, 0.15) is 0 Å². The number of hydrogen-bond donors (Lipinski definition) is 1. The highest BCUT2D eigenvalue weighted by molar-refractivity contribution is 5.67. The lowest BCUT2D eigenvalue weighted by Crippen LogP contribution is -1.91. The molecular formula is C6H6N4. The van der Waals surface area contributed by atoms with Gasteiger partial charge in [0.15, 0.2) is 0 Å². The van der Waals surface area contributed by atoms with E-state index in [1.807, 2.05) is 12.1 Å². The SMILES string of the molecule is Nc1cnn2ncccc12. The van der Waals surface area contributed by atoms with E-state index in [0.717, 1.165) is 5.52 Å². The second-order valence-electron chi connectivity index (χ2n) is 2.00. The third-order valence-electron chi connectivity index (χ3n) is 1.33. The summed E-state index contributed by atoms with van der Waals surface area (Å²) in [5.41, 5.74) is 7.06. The van der Waals surface area contributed by atoms with Gasteiger partial charge in [-0.3, -0.25) is 0 Å². The van der Waals surface area contributed by atoms with Gasteiger partial charge in [0.05, 0.1) is 11.9 Å². The normalized spacial score (nSPS) is 10.4. The van der Waals surface area contributed by atoms with E-state index in [9.17, 15) is 0 Å². The predicted octanol–water partition coefficient (Wildman–Crippen LogP) is 0.311. The van der Waals surface area contributed by atoms with Crippen LogP contribution in [-0.2, 0) is 0 Å². The maximum atomic E-state index is 5.55. The van der Waals surface area contributed by atoms with E-state index < -0.39 is 0 Å². The second kappa shape index (κ2) is 1.70. The fourth-order valence-electron chi connectivity index (χ4n) is 0.851. The highest BCUT2D eigenvalue weighted by atomic mass is 15.4. The Morgan fingerprint density at radius 2 is 2.30 bits per heavy atom. The van der Waals surface area contributed by atoms with Crippen LogP contribution >= 0.6 is 0 Å². The summed E-state index contributed by atoms with van der Waals surface area (Å²) in [5.74, 6) is 0. The Morgan fingerprint density at radius 3 is 3.10 bits per heavy atom. The van der Waals surface area contributed by atoms with Gasteiger partial charge in [-0.25, -0.2) is 0 Å². The summed E-state index contributed by atoms with van der Waals surface area (Å²) in [5, 5.41) is 7.83. The Bertz CT molecular complexity index is 351. The number of fused-ring (bicyclic) bond motifs is 1. The van der Waals surface area contributed by atoms with Crippen molar-refractivity contribution in [3.8, 4) is 0 Å². The van der Waals surface area contributed by atoms with Gasteiger partial charge in [0.25, 0.3) is 0 Å². The molecule has 0 saturated heterocycles. The molecule has 10 heavy (non-hydrogen) atoms. The van der Waals surface area contributed by atoms with Crippen molar-refractivity contribution in [3.63, 3.8) is 0 Å². The van der Waals surface area contributed by atoms with Gasteiger partial charge in [0.2, 0.25) is 0 Å². The monoisotopic (exact) mass is 134 g/mol. The summed E-state index contributed by atoms with van der Waals surface area (Å²) < 4.78 is 1.50. The van der Waals surface area contributed by atoms with Crippen LogP contribution in [0.5, 0.6) is 0 Å². The zero-order chi connectivity index (χ0) is 6.97. The van der Waals surface area contributed by atoms with Crippen LogP contribution in [0.25, 0.3) is 5.52 Å². The molecule has 50 valence electrons. The van der Waals surface area contributed by atoms with Gasteiger partial charge in [-0.1, -0.05) is 0 Å². The largest absolute Gasteiger partial charge is 0.396 e. The molecule has 0 atom stereocenters. The number of anilines is 1. The molecule has 0 fully saturated rings. The summed E-state index contributed by atoms with van der Waals surface area (Å²) in [7, 11) is 0. The van der Waals surface area contributed by atoms with Gasteiger partial charge in [-0.15, -0.1) is 4.63 Å². The van der Waals surface area contributed by atoms with Gasteiger partial charge in [-0.2, -0.15) is 10.2 Å². The molecule has 0 saturated carbocycles. The summed E-state index contributed by atoms with van der Waals surface area (Å²) in [6.07, 6.45) is 3.25. The standard InChI is InChI=1S/C6H6N4/c7-5-4-9-10-6(5)2-1-3-8-10/h1-4H,7H2. The van der Waals surface area contributed by atoms with Gasteiger partial charge >= 0.3 is 0 Å². The average molecular weight is 134 g/mol. The van der Waals surface area contributed by atoms with E-state index in [1.54, 1.807) is 12.4 Å². The number of nitrogens with two attached hydrogens (primary N) is 1. The first-order valence-electron chi connectivity index (χ1n) is 2.92. The number of aromatic nitrogens is 3. The van der Waals surface area contributed by atoms with E-state index in [4.69, 9.17) is 5.73 Å². The molecule has 0 aromatic carbocycles. The van der Waals surface area contributed by atoms with E-state index >= 15 is 0 Å². The third-order valence-corrected chi connectivity index (χ3v) is 1.33. The highest BCUT2D eigenvalue weighted by Gasteiger charge is 1.96. The van der Waals surface area contributed by atoms with Crippen molar-refractivity contribution in [3.05, 3.63) is 24.5 Å². The lowest BCUT2D eigenvalue weighted by atomic mass is 10.4. The molecule has 0 radical (unpaired) electrons. The fourth-order valence-corrected chi connectivity index (χ4v) is 0.851. The Kier molecular flexibility index (Phi) is 0.887. The second-order valence-corrected chi connectivity index (χ2v) is 2.00. The van der Waals surface area contributed by atoms with E-state index in [2.05, 4.69) is 10.2 Å². The number of nitrogens with zero attached hydrogens (tertiary/aromatic N) is 3. The van der Waals surface area contributed by atoms with Crippen molar-refractivity contribution in [1.82, 2.24) is 14.8 Å². The van der Waals surface area contributed by atoms with Crippen LogP contribution in [0.15, 0.2) is 24.5 Å². The third kappa shape index (κ3) is 0.556. The number of hydrogen-bond acceptors (Lipinski definition) is 3. The molecule has 0 bridgehead atoms. The molecule has 0 aliphatic rings. The quantitative estimate of drug-likeness (QED) is 0.564. The molecule has 2 aromatic heterocycles. The molecule has 0 unspecified atom stereocenters. The molecule has 2 N–H and O–H groups in total.